The lowest BCUT2D eigenvalue weighted by molar-refractivity contribution is 0.415. The van der Waals surface area contributed by atoms with Gasteiger partial charge in [0.1, 0.15) is 10.8 Å². The zero-order chi connectivity index (χ0) is 13.1. The number of hydrogen-bond donors (Lipinski definition) is 1. The average molecular weight is 263 g/mol. The highest BCUT2D eigenvalue weighted by Crippen LogP contribution is 2.34. The van der Waals surface area contributed by atoms with Crippen molar-refractivity contribution in [3.8, 4) is 16.3 Å². The first-order valence-electron chi connectivity index (χ1n) is 5.86. The van der Waals surface area contributed by atoms with Crippen molar-refractivity contribution in [1.29, 1.82) is 0 Å². The van der Waals surface area contributed by atoms with Crippen LogP contribution in [0.15, 0.2) is 18.2 Å². The smallest absolute Gasteiger partial charge is 0.151 e. The van der Waals surface area contributed by atoms with E-state index in [0.29, 0.717) is 12.5 Å². The molecule has 4 nitrogen and oxygen atoms in total. The average Bonchev–Trinajstić information content (AvgIpc) is 2.86. The van der Waals surface area contributed by atoms with Crippen molar-refractivity contribution in [2.75, 3.05) is 7.11 Å². The third-order valence-electron chi connectivity index (χ3n) is 2.76. The summed E-state index contributed by atoms with van der Waals surface area (Å²) in [4.78, 5) is 0. The lowest BCUT2D eigenvalue weighted by Crippen LogP contribution is -1.94. The highest BCUT2D eigenvalue weighted by atomic mass is 32.1. The Bertz CT molecular complexity index is 537. The number of ether oxygens (including phenoxy) is 1. The third-order valence-corrected chi connectivity index (χ3v) is 3.74. The van der Waals surface area contributed by atoms with Crippen LogP contribution >= 0.6 is 11.3 Å². The molecule has 1 aromatic heterocycles. The zero-order valence-electron chi connectivity index (χ0n) is 10.8. The summed E-state index contributed by atoms with van der Waals surface area (Å²) in [5.74, 6) is 1.31. The lowest BCUT2D eigenvalue weighted by atomic mass is 10.0. The Hall–Kier alpha value is -1.46. The number of hydrogen-bond acceptors (Lipinski definition) is 5. The van der Waals surface area contributed by atoms with Crippen molar-refractivity contribution in [3.63, 3.8) is 0 Å². The van der Waals surface area contributed by atoms with Crippen molar-refractivity contribution in [2.45, 2.75) is 26.3 Å². The molecule has 1 aromatic carbocycles. The summed E-state index contributed by atoms with van der Waals surface area (Å²) in [6.07, 6.45) is 0. The van der Waals surface area contributed by atoms with Gasteiger partial charge in [0.15, 0.2) is 5.01 Å². The summed E-state index contributed by atoms with van der Waals surface area (Å²) in [5, 5.41) is 9.86. The molecule has 2 rings (SSSR count). The van der Waals surface area contributed by atoms with Crippen LogP contribution in [0.1, 0.15) is 30.3 Å². The second-order valence-electron chi connectivity index (χ2n) is 4.32. The van der Waals surface area contributed by atoms with Gasteiger partial charge in [0.05, 0.1) is 12.7 Å². The van der Waals surface area contributed by atoms with E-state index in [1.165, 1.54) is 16.9 Å². The summed E-state index contributed by atoms with van der Waals surface area (Å²) in [6, 6.07) is 6.20. The molecule has 0 saturated heterocycles. The third kappa shape index (κ3) is 2.52. The van der Waals surface area contributed by atoms with E-state index in [0.717, 1.165) is 21.3 Å². The molecule has 96 valence electrons. The van der Waals surface area contributed by atoms with E-state index in [-0.39, 0.29) is 0 Å². The van der Waals surface area contributed by atoms with E-state index < -0.39 is 0 Å². The van der Waals surface area contributed by atoms with Crippen LogP contribution in [0.2, 0.25) is 0 Å². The topological polar surface area (TPSA) is 61.0 Å². The number of methoxy groups -OCH3 is 1. The Balaban J connectivity index is 2.44. The SMILES string of the molecule is COc1cc(C(C)C)ccc1-c1nnc(CN)s1. The number of aromatic nitrogens is 2. The largest absolute Gasteiger partial charge is 0.496 e. The summed E-state index contributed by atoms with van der Waals surface area (Å²) in [6.45, 7) is 4.74. The van der Waals surface area contributed by atoms with Crippen molar-refractivity contribution < 1.29 is 4.74 Å². The van der Waals surface area contributed by atoms with Crippen LogP contribution in [-0.2, 0) is 6.54 Å². The van der Waals surface area contributed by atoms with Crippen LogP contribution in [0.3, 0.4) is 0 Å². The molecule has 0 amide bonds. The fourth-order valence-corrected chi connectivity index (χ4v) is 2.44. The maximum atomic E-state index is 5.55. The highest BCUT2D eigenvalue weighted by molar-refractivity contribution is 7.14. The molecule has 0 bridgehead atoms. The van der Waals surface area contributed by atoms with Gasteiger partial charge < -0.3 is 10.5 Å². The van der Waals surface area contributed by atoms with Gasteiger partial charge in [0, 0.05) is 6.54 Å². The van der Waals surface area contributed by atoms with Crippen LogP contribution in [-0.4, -0.2) is 17.3 Å². The van der Waals surface area contributed by atoms with Gasteiger partial charge in [-0.05, 0) is 23.6 Å². The van der Waals surface area contributed by atoms with E-state index in [2.05, 4.69) is 36.2 Å². The van der Waals surface area contributed by atoms with Gasteiger partial charge in [0.2, 0.25) is 0 Å². The minimum atomic E-state index is 0.421. The first-order valence-corrected chi connectivity index (χ1v) is 6.68. The molecule has 0 spiro atoms. The van der Waals surface area contributed by atoms with E-state index in [1.807, 2.05) is 6.07 Å². The normalized spacial score (nSPS) is 10.9. The van der Waals surface area contributed by atoms with Crippen LogP contribution in [0.25, 0.3) is 10.6 Å². The molecular weight excluding hydrogens is 246 g/mol. The molecule has 0 aliphatic heterocycles. The summed E-state index contributed by atoms with van der Waals surface area (Å²) >= 11 is 1.50. The monoisotopic (exact) mass is 263 g/mol. The molecule has 0 fully saturated rings. The lowest BCUT2D eigenvalue weighted by Gasteiger charge is -2.10. The van der Waals surface area contributed by atoms with Crippen LogP contribution in [0.4, 0.5) is 0 Å². The first kappa shape index (κ1) is 13.0. The Morgan fingerprint density at radius 3 is 2.67 bits per heavy atom. The first-order chi connectivity index (χ1) is 8.65. The molecule has 2 N–H and O–H groups in total. The molecule has 0 aliphatic rings. The molecule has 0 saturated carbocycles. The molecule has 0 aliphatic carbocycles. The van der Waals surface area contributed by atoms with Gasteiger partial charge in [-0.15, -0.1) is 10.2 Å². The van der Waals surface area contributed by atoms with E-state index in [1.54, 1.807) is 7.11 Å². The standard InChI is InChI=1S/C13H17N3OS/c1-8(2)9-4-5-10(11(6-9)17-3)13-16-15-12(7-14)18-13/h4-6,8H,7,14H2,1-3H3. The molecule has 5 heteroatoms. The van der Waals surface area contributed by atoms with E-state index in [9.17, 15) is 0 Å². The molecule has 0 atom stereocenters. The number of benzene rings is 1. The fraction of sp³-hybridized carbons (Fsp3) is 0.385. The highest BCUT2D eigenvalue weighted by Gasteiger charge is 2.12. The van der Waals surface area contributed by atoms with Crippen molar-refractivity contribution in [2.24, 2.45) is 5.73 Å². The number of nitrogens with two attached hydrogens (primary N) is 1. The molecular formula is C13H17N3OS. The van der Waals surface area contributed by atoms with Crippen LogP contribution in [0, 0.1) is 0 Å². The van der Waals surface area contributed by atoms with Gasteiger partial charge >= 0.3 is 0 Å². The number of rotatable bonds is 4. The molecule has 1 heterocycles. The fourth-order valence-electron chi connectivity index (χ4n) is 1.69. The van der Waals surface area contributed by atoms with Crippen LogP contribution < -0.4 is 10.5 Å². The predicted molar refractivity (Wildman–Crippen MR) is 73.9 cm³/mol. The predicted octanol–water partition coefficient (Wildman–Crippen LogP) is 2.80. The molecule has 18 heavy (non-hydrogen) atoms. The van der Waals surface area contributed by atoms with Crippen molar-refractivity contribution in [1.82, 2.24) is 10.2 Å². The van der Waals surface area contributed by atoms with Crippen molar-refractivity contribution in [3.05, 3.63) is 28.8 Å². The minimum absolute atomic E-state index is 0.421. The minimum Gasteiger partial charge on any atom is -0.496 e. The molecule has 0 unspecified atom stereocenters. The quantitative estimate of drug-likeness (QED) is 0.921. The van der Waals surface area contributed by atoms with E-state index in [4.69, 9.17) is 10.5 Å². The molecule has 2 aromatic rings. The second-order valence-corrected chi connectivity index (χ2v) is 5.38. The second kappa shape index (κ2) is 5.46. The zero-order valence-corrected chi connectivity index (χ0v) is 11.6. The van der Waals surface area contributed by atoms with Crippen LogP contribution in [0.5, 0.6) is 5.75 Å². The maximum absolute atomic E-state index is 5.55. The van der Waals surface area contributed by atoms with E-state index >= 15 is 0 Å². The molecule has 0 radical (unpaired) electrons. The van der Waals surface area contributed by atoms with Gasteiger partial charge in [-0.25, -0.2) is 0 Å². The van der Waals surface area contributed by atoms with Gasteiger partial charge in [0.25, 0.3) is 0 Å². The van der Waals surface area contributed by atoms with Gasteiger partial charge in [-0.3, -0.25) is 0 Å². The summed E-state index contributed by atoms with van der Waals surface area (Å²) < 4.78 is 5.44. The Labute approximate surface area is 111 Å². The van der Waals surface area contributed by atoms with Gasteiger partial charge in [-0.2, -0.15) is 0 Å². The Morgan fingerprint density at radius 1 is 1.33 bits per heavy atom. The van der Waals surface area contributed by atoms with Gasteiger partial charge in [-0.1, -0.05) is 31.3 Å². The Kier molecular flexibility index (Phi) is 3.93. The summed E-state index contributed by atoms with van der Waals surface area (Å²) in [7, 11) is 1.67. The summed E-state index contributed by atoms with van der Waals surface area (Å²) in [5.41, 5.74) is 7.77. The maximum Gasteiger partial charge on any atom is 0.151 e. The van der Waals surface area contributed by atoms with Crippen molar-refractivity contribution >= 4 is 11.3 Å². The number of nitrogens with zero attached hydrogens (tertiary/aromatic N) is 2. The Morgan fingerprint density at radius 2 is 2.11 bits per heavy atom.